The van der Waals surface area contributed by atoms with Crippen molar-refractivity contribution in [2.45, 2.75) is 96.2 Å². The molecule has 0 bridgehead atoms. The highest BCUT2D eigenvalue weighted by molar-refractivity contribution is 6.39. The summed E-state index contributed by atoms with van der Waals surface area (Å²) < 4.78 is 0. The lowest BCUT2D eigenvalue weighted by Crippen LogP contribution is -2.47. The second kappa shape index (κ2) is 12.5. The lowest BCUT2D eigenvalue weighted by atomic mass is 9.86. The minimum atomic E-state index is -0.357. The van der Waals surface area contributed by atoms with Crippen LogP contribution in [0.4, 0.5) is 0 Å². The average Bonchev–Trinajstić information content (AvgIpc) is 3.57. The molecular weight excluding hydrogens is 466 g/mol. The van der Waals surface area contributed by atoms with E-state index in [1.165, 1.54) is 0 Å². The third kappa shape index (κ3) is 7.06. The Kier molecular flexibility index (Phi) is 9.14. The van der Waals surface area contributed by atoms with Gasteiger partial charge in [0.1, 0.15) is 22.9 Å². The fraction of sp³-hybridized carbons (Fsp3) is 0.586. The monoisotopic (exact) mass is 507 g/mol. The Labute approximate surface area is 220 Å². The van der Waals surface area contributed by atoms with Gasteiger partial charge >= 0.3 is 0 Å². The lowest BCUT2D eigenvalue weighted by molar-refractivity contribution is -0.119. The molecule has 1 aromatic carbocycles. The van der Waals surface area contributed by atoms with Gasteiger partial charge in [-0.2, -0.15) is 0 Å². The average molecular weight is 508 g/mol. The Hall–Kier alpha value is -3.00. The standard InChI is InChI=1S/C29H41N5O3/c1-4-23(35)13-9-6-10-14-24(27-30-20-26(31-27)22-11-7-5-8-12-22)32-28(36)25-19-29(37-33-25)15-17-34(18-16-29)21(2)3/h5,7-8,11-12,20-21,24H,4,6,9-10,13-19H2,1-3H3,(H,30,31)(H,32,36)/t24-/m0/s1. The highest BCUT2D eigenvalue weighted by atomic mass is 16.7. The number of piperidine rings is 1. The van der Waals surface area contributed by atoms with Crippen molar-refractivity contribution in [2.75, 3.05) is 13.1 Å². The molecule has 4 rings (SSSR count). The van der Waals surface area contributed by atoms with Crippen LogP contribution >= 0.6 is 0 Å². The number of oxime groups is 1. The number of nitrogens with one attached hydrogen (secondary N) is 2. The minimum Gasteiger partial charge on any atom is -0.388 e. The molecule has 1 aromatic heterocycles. The number of unbranched alkanes of at least 4 members (excludes halogenated alkanes) is 2. The molecule has 1 spiro atoms. The van der Waals surface area contributed by atoms with E-state index >= 15 is 0 Å². The number of Topliss-reactive ketones (excluding diaryl/α,β-unsaturated/α-hetero) is 1. The van der Waals surface area contributed by atoms with Gasteiger partial charge in [-0.3, -0.25) is 9.59 Å². The third-order valence-corrected chi connectivity index (χ3v) is 7.70. The Bertz CT molecular complexity index is 1070. The van der Waals surface area contributed by atoms with Crippen molar-refractivity contribution in [3.8, 4) is 11.3 Å². The quantitative estimate of drug-likeness (QED) is 0.386. The molecule has 8 nitrogen and oxygen atoms in total. The molecule has 0 aliphatic carbocycles. The number of likely N-dealkylation sites (tertiary alicyclic amines) is 1. The van der Waals surface area contributed by atoms with Gasteiger partial charge < -0.3 is 20.0 Å². The highest BCUT2D eigenvalue weighted by Gasteiger charge is 2.44. The van der Waals surface area contributed by atoms with Gasteiger partial charge in [-0.25, -0.2) is 4.98 Å². The number of amides is 1. The molecular formula is C29H41N5O3. The number of carbonyl (C=O) groups is 2. The van der Waals surface area contributed by atoms with E-state index in [1.807, 2.05) is 43.5 Å². The van der Waals surface area contributed by atoms with E-state index in [0.717, 1.165) is 68.7 Å². The number of aromatic amines is 1. The Morgan fingerprint density at radius 2 is 1.89 bits per heavy atom. The first-order valence-electron chi connectivity index (χ1n) is 13.8. The Balaban J connectivity index is 1.38. The summed E-state index contributed by atoms with van der Waals surface area (Å²) in [6, 6.07) is 10.3. The number of benzene rings is 1. The molecule has 200 valence electrons. The zero-order chi connectivity index (χ0) is 26.3. The van der Waals surface area contributed by atoms with Gasteiger partial charge in [0.15, 0.2) is 0 Å². The molecule has 1 saturated heterocycles. The maximum Gasteiger partial charge on any atom is 0.269 e. The number of carbonyl (C=O) groups excluding carboxylic acids is 2. The van der Waals surface area contributed by atoms with Crippen molar-refractivity contribution < 1.29 is 14.4 Å². The SMILES string of the molecule is CCC(=O)CCCCC[C@H](NC(=O)C1=NOC2(CCN(C(C)C)CC2)C1)c1ncc(-c2ccccc2)[nH]1. The number of aromatic nitrogens is 2. The Morgan fingerprint density at radius 1 is 1.14 bits per heavy atom. The number of hydrogen-bond donors (Lipinski definition) is 2. The molecule has 1 atom stereocenters. The van der Waals surface area contributed by atoms with Crippen molar-refractivity contribution in [3.63, 3.8) is 0 Å². The van der Waals surface area contributed by atoms with E-state index in [1.54, 1.807) is 0 Å². The molecule has 3 heterocycles. The van der Waals surface area contributed by atoms with E-state index in [4.69, 9.17) is 4.84 Å². The number of nitrogens with zero attached hydrogens (tertiary/aromatic N) is 3. The highest BCUT2D eigenvalue weighted by Crippen LogP contribution is 2.35. The van der Waals surface area contributed by atoms with Crippen molar-refractivity contribution >= 4 is 17.4 Å². The van der Waals surface area contributed by atoms with Gasteiger partial charge in [0, 0.05) is 51.2 Å². The lowest BCUT2D eigenvalue weighted by Gasteiger charge is -2.39. The number of ketones is 1. The van der Waals surface area contributed by atoms with Crippen LogP contribution in [0.15, 0.2) is 41.7 Å². The summed E-state index contributed by atoms with van der Waals surface area (Å²) in [4.78, 5) is 41.3. The van der Waals surface area contributed by atoms with Gasteiger partial charge in [0.25, 0.3) is 5.91 Å². The number of H-pyrrole nitrogens is 1. The van der Waals surface area contributed by atoms with Crippen molar-refractivity contribution in [1.29, 1.82) is 0 Å². The fourth-order valence-corrected chi connectivity index (χ4v) is 5.18. The van der Waals surface area contributed by atoms with Crippen LogP contribution in [0, 0.1) is 0 Å². The van der Waals surface area contributed by atoms with Gasteiger partial charge in [-0.1, -0.05) is 55.3 Å². The minimum absolute atomic E-state index is 0.188. The predicted octanol–water partition coefficient (Wildman–Crippen LogP) is 5.18. The van der Waals surface area contributed by atoms with Gasteiger partial charge in [-0.15, -0.1) is 0 Å². The van der Waals surface area contributed by atoms with Crippen molar-refractivity contribution in [3.05, 3.63) is 42.4 Å². The molecule has 1 amide bonds. The molecule has 2 aliphatic heterocycles. The molecule has 1 fully saturated rings. The van der Waals surface area contributed by atoms with Crippen LogP contribution in [0.2, 0.25) is 0 Å². The van der Waals surface area contributed by atoms with Crippen molar-refractivity contribution in [2.24, 2.45) is 5.16 Å². The predicted molar refractivity (Wildman–Crippen MR) is 145 cm³/mol. The molecule has 0 saturated carbocycles. The molecule has 37 heavy (non-hydrogen) atoms. The molecule has 0 radical (unpaired) electrons. The number of rotatable bonds is 12. The summed E-state index contributed by atoms with van der Waals surface area (Å²) in [5.74, 6) is 0.846. The Morgan fingerprint density at radius 3 is 2.59 bits per heavy atom. The maximum absolute atomic E-state index is 13.3. The molecule has 8 heteroatoms. The topological polar surface area (TPSA) is 99.7 Å². The van der Waals surface area contributed by atoms with Gasteiger partial charge in [-0.05, 0) is 32.3 Å². The number of hydrogen-bond acceptors (Lipinski definition) is 6. The summed E-state index contributed by atoms with van der Waals surface area (Å²) in [6.45, 7) is 8.24. The second-order valence-corrected chi connectivity index (χ2v) is 10.7. The van der Waals surface area contributed by atoms with E-state index in [-0.39, 0.29) is 17.6 Å². The summed E-state index contributed by atoms with van der Waals surface area (Å²) in [5, 5.41) is 7.42. The van der Waals surface area contributed by atoms with E-state index in [0.29, 0.717) is 36.8 Å². The first-order valence-corrected chi connectivity index (χ1v) is 13.8. The molecule has 0 unspecified atom stereocenters. The van der Waals surface area contributed by atoms with Crippen LogP contribution in [0.3, 0.4) is 0 Å². The number of imidazole rings is 1. The molecule has 2 aromatic rings. The van der Waals surface area contributed by atoms with E-state index < -0.39 is 0 Å². The smallest absolute Gasteiger partial charge is 0.269 e. The first kappa shape index (κ1) is 27.0. The van der Waals surface area contributed by atoms with Crippen LogP contribution in [0.25, 0.3) is 11.3 Å². The van der Waals surface area contributed by atoms with Crippen LogP contribution in [0.5, 0.6) is 0 Å². The zero-order valence-corrected chi connectivity index (χ0v) is 22.5. The fourth-order valence-electron chi connectivity index (χ4n) is 5.18. The summed E-state index contributed by atoms with van der Waals surface area (Å²) in [6.07, 6.45) is 8.76. The summed E-state index contributed by atoms with van der Waals surface area (Å²) >= 11 is 0. The van der Waals surface area contributed by atoms with Crippen LogP contribution in [-0.2, 0) is 14.4 Å². The maximum atomic E-state index is 13.3. The van der Waals surface area contributed by atoms with E-state index in [9.17, 15) is 9.59 Å². The third-order valence-electron chi connectivity index (χ3n) is 7.70. The second-order valence-electron chi connectivity index (χ2n) is 10.7. The van der Waals surface area contributed by atoms with Gasteiger partial charge in [0.2, 0.25) is 0 Å². The van der Waals surface area contributed by atoms with Gasteiger partial charge in [0.05, 0.1) is 17.9 Å². The van der Waals surface area contributed by atoms with Crippen LogP contribution in [-0.4, -0.2) is 57.0 Å². The first-order chi connectivity index (χ1) is 17.9. The van der Waals surface area contributed by atoms with E-state index in [2.05, 4.69) is 39.2 Å². The largest absolute Gasteiger partial charge is 0.388 e. The summed E-state index contributed by atoms with van der Waals surface area (Å²) in [7, 11) is 0. The van der Waals surface area contributed by atoms with Crippen molar-refractivity contribution in [1.82, 2.24) is 20.2 Å². The van der Waals surface area contributed by atoms with Crippen LogP contribution < -0.4 is 5.32 Å². The molecule has 2 aliphatic rings. The normalized spacial score (nSPS) is 18.0. The molecule has 2 N–H and O–H groups in total. The van der Waals surface area contributed by atoms with Crippen LogP contribution in [0.1, 0.15) is 90.4 Å². The zero-order valence-electron chi connectivity index (χ0n) is 22.5. The summed E-state index contributed by atoms with van der Waals surface area (Å²) in [5.41, 5.74) is 2.07.